The summed E-state index contributed by atoms with van der Waals surface area (Å²) < 4.78 is 11.9. The van der Waals surface area contributed by atoms with E-state index in [0.29, 0.717) is 28.3 Å². The summed E-state index contributed by atoms with van der Waals surface area (Å²) >= 11 is 6.13. The Balaban J connectivity index is 1.34. The molecular formula is C32H36ClN3O5. The topological polar surface area (TPSA) is 97.0 Å². The molecule has 2 saturated heterocycles. The molecule has 0 radical (unpaired) electrons. The summed E-state index contributed by atoms with van der Waals surface area (Å²) in [4.78, 5) is 43.7. The predicted molar refractivity (Wildman–Crippen MR) is 155 cm³/mol. The molecule has 2 N–H and O–H groups in total. The SMILES string of the molecule is COc1cccc(CN2C(=O)[C@@H]3[C@H](C(=O)Nc4cccc(Cl)c4)[C@@H]4C=C[C@@]3(O4)[C@@H]2C(=O)N[C@@H]2CCC[C@@H](C)[C@H]2C)c1. The summed E-state index contributed by atoms with van der Waals surface area (Å²) in [7, 11) is 1.59. The Morgan fingerprint density at radius 2 is 1.93 bits per heavy atom. The van der Waals surface area contributed by atoms with E-state index in [1.807, 2.05) is 36.4 Å². The summed E-state index contributed by atoms with van der Waals surface area (Å²) in [5.41, 5.74) is 0.131. The Hall–Kier alpha value is -3.36. The molecule has 4 aliphatic rings. The van der Waals surface area contributed by atoms with E-state index in [0.717, 1.165) is 24.8 Å². The van der Waals surface area contributed by atoms with Crippen LogP contribution in [0.15, 0.2) is 60.7 Å². The van der Waals surface area contributed by atoms with Gasteiger partial charge in [-0.05, 0) is 54.2 Å². The van der Waals surface area contributed by atoms with Crippen molar-refractivity contribution in [3.8, 4) is 5.75 Å². The third-order valence-corrected chi connectivity index (χ3v) is 9.77. The highest BCUT2D eigenvalue weighted by atomic mass is 35.5. The normalized spacial score (nSPS) is 33.5. The molecule has 0 unspecified atom stereocenters. The van der Waals surface area contributed by atoms with Crippen molar-refractivity contribution in [2.24, 2.45) is 23.7 Å². The first-order valence-electron chi connectivity index (χ1n) is 14.4. The maximum atomic E-state index is 14.3. The average molecular weight is 578 g/mol. The summed E-state index contributed by atoms with van der Waals surface area (Å²) in [6, 6.07) is 13.4. The van der Waals surface area contributed by atoms with Gasteiger partial charge in [0.2, 0.25) is 17.7 Å². The van der Waals surface area contributed by atoms with Gasteiger partial charge in [-0.15, -0.1) is 0 Å². The zero-order valence-corrected chi connectivity index (χ0v) is 24.3. The van der Waals surface area contributed by atoms with Crippen molar-refractivity contribution in [1.82, 2.24) is 10.2 Å². The largest absolute Gasteiger partial charge is 0.497 e. The van der Waals surface area contributed by atoms with Gasteiger partial charge in [-0.25, -0.2) is 0 Å². The molecule has 2 bridgehead atoms. The number of nitrogens with zero attached hydrogens (tertiary/aromatic N) is 1. The van der Waals surface area contributed by atoms with E-state index in [1.165, 1.54) is 0 Å². The molecule has 216 valence electrons. The van der Waals surface area contributed by atoms with Gasteiger partial charge >= 0.3 is 0 Å². The molecular weight excluding hydrogens is 542 g/mol. The number of ether oxygens (including phenoxy) is 2. The van der Waals surface area contributed by atoms with E-state index in [-0.39, 0.29) is 30.3 Å². The first-order valence-corrected chi connectivity index (χ1v) is 14.8. The van der Waals surface area contributed by atoms with E-state index in [9.17, 15) is 14.4 Å². The number of hydrogen-bond donors (Lipinski definition) is 2. The number of carbonyl (C=O) groups excluding carboxylic acids is 3. The maximum Gasteiger partial charge on any atom is 0.246 e. The first-order chi connectivity index (χ1) is 19.7. The standard InChI is InChI=1S/C32H36ClN3O5/c1-18-7-4-12-24(19(18)2)35-30(38)28-32-14-13-25(41-32)26(29(37)34-22-10-6-9-21(33)16-22)27(32)31(39)36(28)17-20-8-5-11-23(15-20)40-3/h5-6,8-11,13-16,18-19,24-28H,4,7,12,17H2,1-3H3,(H,34,37)(H,35,38)/t18-,19-,24-,25+,26-,27+,28+,32+/m1/s1. The number of hydrogen-bond acceptors (Lipinski definition) is 5. The third-order valence-electron chi connectivity index (χ3n) is 9.54. The molecule has 3 amide bonds. The highest BCUT2D eigenvalue weighted by Gasteiger charge is 2.72. The molecule has 9 heteroatoms. The molecule has 1 spiro atoms. The molecule has 3 heterocycles. The highest BCUT2D eigenvalue weighted by Crippen LogP contribution is 2.55. The van der Waals surface area contributed by atoms with Crippen LogP contribution in [0.2, 0.25) is 5.02 Å². The zero-order valence-electron chi connectivity index (χ0n) is 23.5. The number of halogens is 1. The fourth-order valence-corrected chi connectivity index (χ4v) is 7.43. The van der Waals surface area contributed by atoms with Gasteiger partial charge in [0.1, 0.15) is 17.4 Å². The van der Waals surface area contributed by atoms with Crippen molar-refractivity contribution in [1.29, 1.82) is 0 Å². The summed E-state index contributed by atoms with van der Waals surface area (Å²) in [5, 5.41) is 6.70. The van der Waals surface area contributed by atoms with Crippen LogP contribution in [0, 0.1) is 23.7 Å². The lowest BCUT2D eigenvalue weighted by atomic mass is 9.73. The first kappa shape index (κ1) is 27.8. The molecule has 41 heavy (non-hydrogen) atoms. The van der Waals surface area contributed by atoms with E-state index in [4.69, 9.17) is 21.1 Å². The van der Waals surface area contributed by atoms with Crippen LogP contribution in [-0.4, -0.2) is 53.5 Å². The Morgan fingerprint density at radius 1 is 1.12 bits per heavy atom. The molecule has 8 atom stereocenters. The quantitative estimate of drug-likeness (QED) is 0.470. The number of methoxy groups -OCH3 is 1. The second-order valence-electron chi connectivity index (χ2n) is 11.9. The summed E-state index contributed by atoms with van der Waals surface area (Å²) in [6.07, 6.45) is 6.14. The molecule has 8 nitrogen and oxygen atoms in total. The van der Waals surface area contributed by atoms with Gasteiger partial charge in [-0.3, -0.25) is 14.4 Å². The lowest BCUT2D eigenvalue weighted by molar-refractivity contribution is -0.142. The van der Waals surface area contributed by atoms with Crippen LogP contribution in [0.5, 0.6) is 5.75 Å². The Morgan fingerprint density at radius 3 is 2.71 bits per heavy atom. The monoisotopic (exact) mass is 577 g/mol. The van der Waals surface area contributed by atoms with Crippen LogP contribution in [0.25, 0.3) is 0 Å². The fourth-order valence-electron chi connectivity index (χ4n) is 7.24. The number of anilines is 1. The second-order valence-corrected chi connectivity index (χ2v) is 12.3. The van der Waals surface area contributed by atoms with E-state index in [2.05, 4.69) is 24.5 Å². The number of benzene rings is 2. The van der Waals surface area contributed by atoms with Crippen LogP contribution in [0.3, 0.4) is 0 Å². The smallest absolute Gasteiger partial charge is 0.246 e. The number of fused-ring (bicyclic) bond motifs is 1. The molecule has 2 aromatic rings. The fraction of sp³-hybridized carbons (Fsp3) is 0.469. The minimum absolute atomic E-state index is 0.0139. The minimum Gasteiger partial charge on any atom is -0.497 e. The molecule has 3 fully saturated rings. The zero-order chi connectivity index (χ0) is 28.9. The molecule has 1 saturated carbocycles. The van der Waals surface area contributed by atoms with Gasteiger partial charge in [0, 0.05) is 23.3 Å². The summed E-state index contributed by atoms with van der Waals surface area (Å²) in [5.74, 6) is -0.986. The maximum absolute atomic E-state index is 14.3. The lowest BCUT2D eigenvalue weighted by Gasteiger charge is -2.38. The van der Waals surface area contributed by atoms with Gasteiger partial charge in [0.25, 0.3) is 0 Å². The average Bonchev–Trinajstić information content (AvgIpc) is 3.59. The van der Waals surface area contributed by atoms with Gasteiger partial charge in [0.05, 0.1) is 25.0 Å². The summed E-state index contributed by atoms with van der Waals surface area (Å²) in [6.45, 7) is 4.59. The predicted octanol–water partition coefficient (Wildman–Crippen LogP) is 4.58. The highest BCUT2D eigenvalue weighted by molar-refractivity contribution is 6.30. The van der Waals surface area contributed by atoms with Crippen molar-refractivity contribution >= 4 is 35.0 Å². The number of rotatable bonds is 7. The number of amides is 3. The van der Waals surface area contributed by atoms with Crippen molar-refractivity contribution in [3.05, 3.63) is 71.3 Å². The Kier molecular flexibility index (Phi) is 7.32. The van der Waals surface area contributed by atoms with Crippen LogP contribution < -0.4 is 15.4 Å². The molecule has 6 rings (SSSR count). The van der Waals surface area contributed by atoms with Crippen LogP contribution in [-0.2, 0) is 25.7 Å². The number of likely N-dealkylation sites (tertiary alicyclic amines) is 1. The van der Waals surface area contributed by atoms with Gasteiger partial charge in [-0.1, -0.05) is 68.6 Å². The van der Waals surface area contributed by atoms with E-state index < -0.39 is 29.6 Å². The van der Waals surface area contributed by atoms with Crippen molar-refractivity contribution in [2.45, 2.75) is 63.4 Å². The van der Waals surface area contributed by atoms with Crippen molar-refractivity contribution in [3.63, 3.8) is 0 Å². The third kappa shape index (κ3) is 4.81. The van der Waals surface area contributed by atoms with E-state index >= 15 is 0 Å². The number of nitrogens with one attached hydrogen (secondary N) is 2. The van der Waals surface area contributed by atoms with Crippen LogP contribution >= 0.6 is 11.6 Å². The molecule has 1 aliphatic carbocycles. The van der Waals surface area contributed by atoms with Gasteiger partial charge in [-0.2, -0.15) is 0 Å². The second kappa shape index (κ2) is 10.8. The number of carbonyl (C=O) groups is 3. The molecule has 3 aliphatic heterocycles. The van der Waals surface area contributed by atoms with E-state index in [1.54, 1.807) is 36.3 Å². The van der Waals surface area contributed by atoms with Crippen molar-refractivity contribution in [2.75, 3.05) is 12.4 Å². The molecule has 0 aromatic heterocycles. The van der Waals surface area contributed by atoms with Gasteiger partial charge < -0.3 is 25.0 Å². The molecule has 2 aromatic carbocycles. The Labute approximate surface area is 245 Å². The van der Waals surface area contributed by atoms with Gasteiger partial charge in [0.15, 0.2) is 0 Å². The van der Waals surface area contributed by atoms with Crippen LogP contribution in [0.4, 0.5) is 5.69 Å². The van der Waals surface area contributed by atoms with Crippen molar-refractivity contribution < 1.29 is 23.9 Å². The lowest BCUT2D eigenvalue weighted by Crippen LogP contribution is -2.57. The minimum atomic E-state index is -1.23. The van der Waals surface area contributed by atoms with Crippen LogP contribution in [0.1, 0.15) is 38.7 Å². The Bertz CT molecular complexity index is 1400.